The zero-order valence-electron chi connectivity index (χ0n) is 12.4. The molecule has 21 heavy (non-hydrogen) atoms. The fourth-order valence-electron chi connectivity index (χ4n) is 2.48. The molecule has 2 rings (SSSR count). The summed E-state index contributed by atoms with van der Waals surface area (Å²) in [5.74, 6) is -0.0310. The number of aryl methyl sites for hydroxylation is 1. The van der Waals surface area contributed by atoms with Gasteiger partial charge in [0, 0.05) is 17.2 Å². The van der Waals surface area contributed by atoms with Gasteiger partial charge < -0.3 is 5.32 Å². The van der Waals surface area contributed by atoms with E-state index in [1.165, 1.54) is 0 Å². The number of halogens is 1. The highest BCUT2D eigenvalue weighted by Crippen LogP contribution is 2.51. The molecule has 1 aliphatic carbocycles. The van der Waals surface area contributed by atoms with Crippen LogP contribution in [0.25, 0.3) is 0 Å². The molecule has 1 heterocycles. The number of amides is 1. The summed E-state index contributed by atoms with van der Waals surface area (Å²) in [6, 6.07) is 0. The Balaban J connectivity index is 2.19. The Labute approximate surface area is 129 Å². The summed E-state index contributed by atoms with van der Waals surface area (Å²) in [6.07, 6.45) is 2.55. The lowest BCUT2D eigenvalue weighted by Crippen LogP contribution is -2.33. The second kappa shape index (κ2) is 5.61. The Morgan fingerprint density at radius 3 is 2.52 bits per heavy atom. The topological polar surface area (TPSA) is 91.9 Å². The van der Waals surface area contributed by atoms with Gasteiger partial charge in [-0.05, 0) is 30.6 Å². The van der Waals surface area contributed by atoms with Crippen molar-refractivity contribution in [1.82, 2.24) is 15.5 Å². The minimum atomic E-state index is -4.01. The molecule has 118 valence electrons. The van der Waals surface area contributed by atoms with E-state index in [0.29, 0.717) is 24.6 Å². The molecule has 1 aromatic rings. The number of aromatic nitrogens is 2. The maximum atomic E-state index is 12.2. The van der Waals surface area contributed by atoms with Gasteiger partial charge in [0.15, 0.2) is 5.69 Å². The summed E-state index contributed by atoms with van der Waals surface area (Å²) in [6.45, 7) is 6.54. The van der Waals surface area contributed by atoms with Crippen molar-refractivity contribution < 1.29 is 13.2 Å². The first-order valence-electron chi connectivity index (χ1n) is 7.01. The van der Waals surface area contributed by atoms with Gasteiger partial charge in [0.1, 0.15) is 4.90 Å². The SMILES string of the molecule is CCc1[nH]nc(C(=O)NCC2(C(C)C)CC2)c1S(=O)(=O)Cl. The van der Waals surface area contributed by atoms with Crippen LogP contribution >= 0.6 is 10.7 Å². The van der Waals surface area contributed by atoms with E-state index in [1.807, 2.05) is 0 Å². The van der Waals surface area contributed by atoms with E-state index in [-0.39, 0.29) is 16.0 Å². The van der Waals surface area contributed by atoms with Crippen LogP contribution in [0, 0.1) is 11.3 Å². The number of hydrogen-bond donors (Lipinski definition) is 2. The van der Waals surface area contributed by atoms with E-state index in [0.717, 1.165) is 12.8 Å². The number of hydrogen-bond acceptors (Lipinski definition) is 4. The molecule has 0 unspecified atom stereocenters. The summed E-state index contributed by atoms with van der Waals surface area (Å²) < 4.78 is 23.3. The quantitative estimate of drug-likeness (QED) is 0.779. The molecule has 8 heteroatoms. The molecule has 6 nitrogen and oxygen atoms in total. The van der Waals surface area contributed by atoms with Crippen molar-refractivity contribution in [3.63, 3.8) is 0 Å². The molecule has 0 spiro atoms. The summed E-state index contributed by atoms with van der Waals surface area (Å²) >= 11 is 0. The largest absolute Gasteiger partial charge is 0.350 e. The van der Waals surface area contributed by atoms with E-state index >= 15 is 0 Å². The van der Waals surface area contributed by atoms with Crippen molar-refractivity contribution in [1.29, 1.82) is 0 Å². The molecule has 0 aliphatic heterocycles. The lowest BCUT2D eigenvalue weighted by atomic mass is 9.92. The van der Waals surface area contributed by atoms with Crippen LogP contribution in [-0.2, 0) is 15.5 Å². The number of nitrogens with one attached hydrogen (secondary N) is 2. The highest BCUT2D eigenvalue weighted by molar-refractivity contribution is 8.13. The van der Waals surface area contributed by atoms with E-state index in [2.05, 4.69) is 29.4 Å². The number of H-pyrrole nitrogens is 1. The molecule has 1 saturated carbocycles. The van der Waals surface area contributed by atoms with Gasteiger partial charge in [0.05, 0.1) is 5.69 Å². The number of carbonyl (C=O) groups is 1. The fourth-order valence-corrected chi connectivity index (χ4v) is 3.84. The van der Waals surface area contributed by atoms with E-state index < -0.39 is 15.0 Å². The van der Waals surface area contributed by atoms with Crippen LogP contribution in [0.2, 0.25) is 0 Å². The molecule has 1 aromatic heterocycles. The van der Waals surface area contributed by atoms with Crippen molar-refractivity contribution >= 4 is 25.6 Å². The lowest BCUT2D eigenvalue weighted by Gasteiger charge is -2.19. The second-order valence-electron chi connectivity index (χ2n) is 5.87. The van der Waals surface area contributed by atoms with E-state index in [1.54, 1.807) is 6.92 Å². The van der Waals surface area contributed by atoms with Crippen LogP contribution in [-0.4, -0.2) is 31.1 Å². The summed E-state index contributed by atoms with van der Waals surface area (Å²) in [4.78, 5) is 12.0. The number of rotatable bonds is 6. The number of nitrogens with zero attached hydrogens (tertiary/aromatic N) is 1. The third-order valence-corrected chi connectivity index (χ3v) is 5.71. The normalized spacial score (nSPS) is 17.0. The average molecular weight is 334 g/mol. The molecular weight excluding hydrogens is 314 g/mol. The van der Waals surface area contributed by atoms with Crippen LogP contribution < -0.4 is 5.32 Å². The Kier molecular flexibility index (Phi) is 4.35. The number of aromatic amines is 1. The van der Waals surface area contributed by atoms with Crippen LogP contribution in [0.1, 0.15) is 49.8 Å². The molecule has 0 radical (unpaired) electrons. The Morgan fingerprint density at radius 2 is 2.10 bits per heavy atom. The standard InChI is InChI=1S/C13H20ClN3O3S/c1-4-9-11(21(14,19)20)10(17-16-9)12(18)15-7-13(5-6-13)8(2)3/h8H,4-7H2,1-3H3,(H,15,18)(H,16,17). The van der Waals surface area contributed by atoms with Gasteiger partial charge in [-0.25, -0.2) is 8.42 Å². The fraction of sp³-hybridized carbons (Fsp3) is 0.692. The Bertz CT molecular complexity index is 648. The molecule has 1 fully saturated rings. The summed E-state index contributed by atoms with van der Waals surface area (Å²) in [7, 11) is 1.40. The van der Waals surface area contributed by atoms with E-state index in [9.17, 15) is 13.2 Å². The van der Waals surface area contributed by atoms with Crippen LogP contribution in [0.3, 0.4) is 0 Å². The predicted octanol–water partition coefficient (Wildman–Crippen LogP) is 2.07. The first-order valence-corrected chi connectivity index (χ1v) is 9.32. The lowest BCUT2D eigenvalue weighted by molar-refractivity contribution is 0.0931. The summed E-state index contributed by atoms with van der Waals surface area (Å²) in [5.41, 5.74) is 0.334. The monoisotopic (exact) mass is 333 g/mol. The van der Waals surface area contributed by atoms with Crippen molar-refractivity contribution in [2.45, 2.75) is 44.9 Å². The first kappa shape index (κ1) is 16.3. The van der Waals surface area contributed by atoms with Gasteiger partial charge in [0.25, 0.3) is 15.0 Å². The van der Waals surface area contributed by atoms with Gasteiger partial charge in [-0.15, -0.1) is 0 Å². The third-order valence-electron chi connectivity index (χ3n) is 4.32. The highest BCUT2D eigenvalue weighted by atomic mass is 35.7. The van der Waals surface area contributed by atoms with Gasteiger partial charge in [-0.3, -0.25) is 9.89 Å². The van der Waals surface area contributed by atoms with Gasteiger partial charge >= 0.3 is 0 Å². The van der Waals surface area contributed by atoms with Crippen LogP contribution in [0.5, 0.6) is 0 Å². The first-order chi connectivity index (χ1) is 9.71. The van der Waals surface area contributed by atoms with Crippen molar-refractivity contribution in [2.75, 3.05) is 6.54 Å². The molecule has 0 bridgehead atoms. The molecule has 0 saturated heterocycles. The average Bonchev–Trinajstić information content (AvgIpc) is 3.05. The molecule has 0 atom stereocenters. The van der Waals surface area contributed by atoms with Gasteiger partial charge in [0.2, 0.25) is 0 Å². The van der Waals surface area contributed by atoms with Gasteiger partial charge in [-0.1, -0.05) is 20.8 Å². The summed E-state index contributed by atoms with van der Waals surface area (Å²) in [5, 5.41) is 9.18. The minimum Gasteiger partial charge on any atom is -0.350 e. The zero-order chi connectivity index (χ0) is 15.8. The predicted molar refractivity (Wildman–Crippen MR) is 79.8 cm³/mol. The Morgan fingerprint density at radius 1 is 1.48 bits per heavy atom. The highest BCUT2D eigenvalue weighted by Gasteiger charge is 2.45. The number of carbonyl (C=O) groups excluding carboxylic acids is 1. The van der Waals surface area contributed by atoms with Crippen molar-refractivity contribution in [2.24, 2.45) is 11.3 Å². The molecule has 1 amide bonds. The van der Waals surface area contributed by atoms with Crippen LogP contribution in [0.15, 0.2) is 4.90 Å². The van der Waals surface area contributed by atoms with Crippen molar-refractivity contribution in [3.05, 3.63) is 11.4 Å². The maximum absolute atomic E-state index is 12.2. The van der Waals surface area contributed by atoms with Crippen molar-refractivity contribution in [3.8, 4) is 0 Å². The molecular formula is C13H20ClN3O3S. The molecule has 2 N–H and O–H groups in total. The zero-order valence-corrected chi connectivity index (χ0v) is 13.9. The molecule has 0 aromatic carbocycles. The smallest absolute Gasteiger partial charge is 0.273 e. The van der Waals surface area contributed by atoms with Gasteiger partial charge in [-0.2, -0.15) is 5.10 Å². The molecule has 1 aliphatic rings. The second-order valence-corrected chi connectivity index (χ2v) is 8.37. The maximum Gasteiger partial charge on any atom is 0.273 e. The third kappa shape index (κ3) is 3.23. The van der Waals surface area contributed by atoms with E-state index in [4.69, 9.17) is 10.7 Å². The Hall–Kier alpha value is -1.08. The minimum absolute atomic E-state index is 0.138. The van der Waals surface area contributed by atoms with Crippen LogP contribution in [0.4, 0.5) is 0 Å².